The average Bonchev–Trinajstić information content (AvgIpc) is 2.48. The Bertz CT molecular complexity index is 493. The van der Waals surface area contributed by atoms with E-state index in [0.29, 0.717) is 11.4 Å². The molecule has 2 rings (SSSR count). The van der Waals surface area contributed by atoms with Gasteiger partial charge in [0.05, 0.1) is 18.8 Å². The number of nitrogen functional groups attached to an aromatic ring is 1. The summed E-state index contributed by atoms with van der Waals surface area (Å²) in [6.07, 6.45) is 1.59. The number of pyridine rings is 1. The van der Waals surface area contributed by atoms with Gasteiger partial charge in [0.1, 0.15) is 0 Å². The molecule has 2 heterocycles. The van der Waals surface area contributed by atoms with E-state index in [4.69, 9.17) is 10.6 Å². The van der Waals surface area contributed by atoms with Crippen LogP contribution < -0.4 is 16.6 Å². The summed E-state index contributed by atoms with van der Waals surface area (Å²) in [6.45, 7) is 6.06. The van der Waals surface area contributed by atoms with Gasteiger partial charge in [-0.25, -0.2) is 10.8 Å². The topological polar surface area (TPSA) is 92.5 Å². The minimum Gasteiger partial charge on any atom is -0.379 e. The lowest BCUT2D eigenvalue weighted by molar-refractivity contribution is 0.0342. The highest BCUT2D eigenvalue weighted by molar-refractivity contribution is 9.10. The van der Waals surface area contributed by atoms with E-state index in [-0.39, 0.29) is 11.9 Å². The smallest absolute Gasteiger partial charge is 0.255 e. The number of anilines is 1. The Labute approximate surface area is 132 Å². The molecule has 0 spiro atoms. The molecule has 1 aromatic heterocycles. The first kappa shape index (κ1) is 16.2. The molecule has 1 atom stereocenters. The van der Waals surface area contributed by atoms with Crippen LogP contribution in [0.4, 0.5) is 5.82 Å². The molecule has 0 saturated carbocycles. The normalized spacial score (nSPS) is 17.3. The minimum atomic E-state index is -0.197. The van der Waals surface area contributed by atoms with Crippen molar-refractivity contribution in [3.63, 3.8) is 0 Å². The van der Waals surface area contributed by atoms with Crippen molar-refractivity contribution in [3.05, 3.63) is 22.3 Å². The van der Waals surface area contributed by atoms with Crippen molar-refractivity contribution in [1.29, 1.82) is 0 Å². The number of aromatic nitrogens is 1. The SMILES string of the molecule is CC(CN1CCOCC1)NC(=O)c1cc(Br)cnc1NN. The molecule has 0 aliphatic carbocycles. The zero-order chi connectivity index (χ0) is 15.2. The number of rotatable bonds is 5. The molecular weight excluding hydrogens is 338 g/mol. The largest absolute Gasteiger partial charge is 0.379 e. The van der Waals surface area contributed by atoms with Crippen LogP contribution in [0.15, 0.2) is 16.7 Å². The molecule has 0 bridgehead atoms. The van der Waals surface area contributed by atoms with Gasteiger partial charge in [0.2, 0.25) is 0 Å². The van der Waals surface area contributed by atoms with Gasteiger partial charge in [0.25, 0.3) is 5.91 Å². The number of hydrazine groups is 1. The molecule has 7 nitrogen and oxygen atoms in total. The number of morpholine rings is 1. The molecule has 0 radical (unpaired) electrons. The number of nitrogens with one attached hydrogen (secondary N) is 2. The second-order valence-corrected chi connectivity index (χ2v) is 5.90. The van der Waals surface area contributed by atoms with Gasteiger partial charge in [-0.15, -0.1) is 0 Å². The van der Waals surface area contributed by atoms with Gasteiger partial charge in [-0.1, -0.05) is 0 Å². The number of halogens is 1. The molecule has 116 valence electrons. The summed E-state index contributed by atoms with van der Waals surface area (Å²) >= 11 is 3.31. The molecule has 1 amide bonds. The highest BCUT2D eigenvalue weighted by Gasteiger charge is 2.18. The maximum absolute atomic E-state index is 12.3. The van der Waals surface area contributed by atoms with Crippen LogP contribution in [-0.4, -0.2) is 54.7 Å². The van der Waals surface area contributed by atoms with Crippen LogP contribution in [0.25, 0.3) is 0 Å². The van der Waals surface area contributed by atoms with E-state index in [2.05, 4.69) is 36.6 Å². The van der Waals surface area contributed by atoms with Crippen LogP contribution >= 0.6 is 15.9 Å². The molecule has 1 aromatic rings. The van der Waals surface area contributed by atoms with Crippen LogP contribution in [0.5, 0.6) is 0 Å². The molecule has 0 aromatic carbocycles. The summed E-state index contributed by atoms with van der Waals surface area (Å²) in [6, 6.07) is 1.72. The van der Waals surface area contributed by atoms with Gasteiger partial charge in [0, 0.05) is 36.3 Å². The number of amides is 1. The van der Waals surface area contributed by atoms with E-state index in [1.54, 1.807) is 12.3 Å². The number of nitrogens with two attached hydrogens (primary N) is 1. The lowest BCUT2D eigenvalue weighted by Crippen LogP contribution is -2.46. The van der Waals surface area contributed by atoms with Crippen molar-refractivity contribution < 1.29 is 9.53 Å². The number of hydrogen-bond acceptors (Lipinski definition) is 6. The fourth-order valence-electron chi connectivity index (χ4n) is 2.25. The van der Waals surface area contributed by atoms with Crippen molar-refractivity contribution >= 4 is 27.7 Å². The molecule has 1 aliphatic rings. The first-order chi connectivity index (χ1) is 10.1. The number of carbonyl (C=O) groups excluding carboxylic acids is 1. The molecule has 1 aliphatic heterocycles. The van der Waals surface area contributed by atoms with E-state index < -0.39 is 0 Å². The summed E-state index contributed by atoms with van der Waals surface area (Å²) in [5.41, 5.74) is 2.86. The number of carbonyl (C=O) groups is 1. The first-order valence-electron chi connectivity index (χ1n) is 6.83. The van der Waals surface area contributed by atoms with Gasteiger partial charge in [-0.2, -0.15) is 0 Å². The second-order valence-electron chi connectivity index (χ2n) is 4.98. The van der Waals surface area contributed by atoms with Crippen LogP contribution in [0.1, 0.15) is 17.3 Å². The van der Waals surface area contributed by atoms with Crippen molar-refractivity contribution in [3.8, 4) is 0 Å². The van der Waals surface area contributed by atoms with Gasteiger partial charge in [-0.05, 0) is 28.9 Å². The number of hydrogen-bond donors (Lipinski definition) is 3. The molecule has 8 heteroatoms. The summed E-state index contributed by atoms with van der Waals surface area (Å²) in [5.74, 6) is 5.55. The number of nitrogens with zero attached hydrogens (tertiary/aromatic N) is 2. The average molecular weight is 358 g/mol. The van der Waals surface area contributed by atoms with Crippen molar-refractivity contribution in [1.82, 2.24) is 15.2 Å². The quantitative estimate of drug-likeness (QED) is 0.527. The summed E-state index contributed by atoms with van der Waals surface area (Å²) < 4.78 is 6.04. The van der Waals surface area contributed by atoms with Crippen LogP contribution in [0, 0.1) is 0 Å². The molecule has 1 fully saturated rings. The highest BCUT2D eigenvalue weighted by atomic mass is 79.9. The van der Waals surface area contributed by atoms with Crippen LogP contribution in [0.3, 0.4) is 0 Å². The highest BCUT2D eigenvalue weighted by Crippen LogP contribution is 2.17. The van der Waals surface area contributed by atoms with Crippen LogP contribution in [-0.2, 0) is 4.74 Å². The molecule has 1 saturated heterocycles. The van der Waals surface area contributed by atoms with E-state index >= 15 is 0 Å². The van der Waals surface area contributed by atoms with Gasteiger partial charge in [-0.3, -0.25) is 9.69 Å². The van der Waals surface area contributed by atoms with E-state index in [9.17, 15) is 4.79 Å². The molecular formula is C13H20BrN5O2. The summed E-state index contributed by atoms with van der Waals surface area (Å²) in [4.78, 5) is 18.7. The fourth-order valence-corrected chi connectivity index (χ4v) is 2.58. The second kappa shape index (κ2) is 7.69. The van der Waals surface area contributed by atoms with E-state index in [1.165, 1.54) is 0 Å². The third-order valence-electron chi connectivity index (χ3n) is 3.25. The molecule has 1 unspecified atom stereocenters. The third-order valence-corrected chi connectivity index (χ3v) is 3.68. The Balaban J connectivity index is 1.95. The minimum absolute atomic E-state index is 0.0280. The Morgan fingerprint density at radius 1 is 1.57 bits per heavy atom. The predicted octanol–water partition coefficient (Wildman–Crippen LogP) is 0.580. The molecule has 21 heavy (non-hydrogen) atoms. The summed E-state index contributed by atoms with van der Waals surface area (Å²) in [7, 11) is 0. The van der Waals surface area contributed by atoms with Crippen molar-refractivity contribution in [2.75, 3.05) is 38.3 Å². The zero-order valence-corrected chi connectivity index (χ0v) is 13.5. The Morgan fingerprint density at radius 3 is 2.95 bits per heavy atom. The zero-order valence-electron chi connectivity index (χ0n) is 11.9. The maximum Gasteiger partial charge on any atom is 0.255 e. The number of ether oxygens (including phenoxy) is 1. The lowest BCUT2D eigenvalue weighted by Gasteiger charge is -2.29. The third kappa shape index (κ3) is 4.63. The van der Waals surface area contributed by atoms with E-state index in [0.717, 1.165) is 37.3 Å². The van der Waals surface area contributed by atoms with Gasteiger partial charge < -0.3 is 15.5 Å². The Morgan fingerprint density at radius 2 is 2.29 bits per heavy atom. The van der Waals surface area contributed by atoms with E-state index in [1.807, 2.05) is 6.92 Å². The maximum atomic E-state index is 12.3. The predicted molar refractivity (Wildman–Crippen MR) is 83.9 cm³/mol. The van der Waals surface area contributed by atoms with Crippen molar-refractivity contribution in [2.45, 2.75) is 13.0 Å². The summed E-state index contributed by atoms with van der Waals surface area (Å²) in [5, 5.41) is 2.97. The fraction of sp³-hybridized carbons (Fsp3) is 0.538. The van der Waals surface area contributed by atoms with Gasteiger partial charge in [0.15, 0.2) is 5.82 Å². The Hall–Kier alpha value is -1.22. The lowest BCUT2D eigenvalue weighted by atomic mass is 10.2. The first-order valence-corrected chi connectivity index (χ1v) is 7.62. The monoisotopic (exact) mass is 357 g/mol. The molecule has 4 N–H and O–H groups in total. The van der Waals surface area contributed by atoms with Crippen molar-refractivity contribution in [2.24, 2.45) is 5.84 Å². The van der Waals surface area contributed by atoms with Gasteiger partial charge >= 0.3 is 0 Å². The Kier molecular flexibility index (Phi) is 5.92. The standard InChI is InChI=1S/C13H20BrN5O2/c1-9(8-19-2-4-21-5-3-19)17-13(20)11-6-10(14)7-16-12(11)18-15/h6-7,9H,2-5,8,15H2,1H3,(H,16,18)(H,17,20). The van der Waals surface area contributed by atoms with Crippen LogP contribution in [0.2, 0.25) is 0 Å².